The molecule has 30 heteroatoms. The topological polar surface area (TPSA) is 225 Å². The molecule has 2 heterocycles. The number of hydrogen-bond donors (Lipinski definition) is 2. The molecular weight excluding hydrogens is 688 g/mol. The predicted molar refractivity (Wildman–Crippen MR) is 101 cm³/mol. The highest BCUT2D eigenvalue weighted by Crippen LogP contribution is 2.37. The van der Waals surface area contributed by atoms with Gasteiger partial charge in [-0.15, -0.1) is 0 Å². The summed E-state index contributed by atoms with van der Waals surface area (Å²) in [4.78, 5) is 11.2. The van der Waals surface area contributed by atoms with E-state index in [1.165, 1.54) is 0 Å². The van der Waals surface area contributed by atoms with Gasteiger partial charge in [0.15, 0.2) is 40.1 Å². The molecular formula is C10H10F12N6O8S4. The lowest BCUT2D eigenvalue weighted by molar-refractivity contribution is -0.376. The molecule has 14 nitrogen and oxygen atoms in total. The van der Waals surface area contributed by atoms with Crippen molar-refractivity contribution in [2.24, 2.45) is 0 Å². The van der Waals surface area contributed by atoms with E-state index < -0.39 is 62.1 Å². The number of sulfonamides is 4. The molecule has 0 saturated heterocycles. The molecule has 0 fully saturated rings. The minimum atomic E-state index is -6.72. The number of halogens is 12. The number of rotatable bonds is 4. The van der Waals surface area contributed by atoms with Crippen molar-refractivity contribution in [1.82, 2.24) is 9.97 Å². The van der Waals surface area contributed by atoms with E-state index >= 15 is 0 Å². The van der Waals surface area contributed by atoms with Crippen LogP contribution in [0, 0.1) is 0 Å². The highest BCUT2D eigenvalue weighted by Gasteiger charge is 2.48. The summed E-state index contributed by atoms with van der Waals surface area (Å²) < 4.78 is 218. The van der Waals surface area contributed by atoms with E-state index in [0.717, 1.165) is 8.25 Å². The fourth-order valence-corrected chi connectivity index (χ4v) is 4.33. The predicted octanol–water partition coefficient (Wildman–Crippen LogP) is 1.78. The number of aromatic amines is 4. The van der Waals surface area contributed by atoms with Gasteiger partial charge >= 0.3 is 22.0 Å². The summed E-state index contributed by atoms with van der Waals surface area (Å²) >= 11 is 0. The summed E-state index contributed by atoms with van der Waals surface area (Å²) in [6, 6.07) is 0. The van der Waals surface area contributed by atoms with Crippen LogP contribution in [0.25, 0.3) is 8.25 Å². The molecule has 2 rings (SSSR count). The number of imidazole rings is 2. The molecule has 0 spiro atoms. The summed E-state index contributed by atoms with van der Waals surface area (Å²) in [5, 5.41) is 0. The molecule has 4 N–H and O–H groups in total. The second kappa shape index (κ2) is 13.8. The maximum atomic E-state index is 11.4. The highest BCUT2D eigenvalue weighted by atomic mass is 32.3. The second-order valence-electron chi connectivity index (χ2n) is 5.45. The van der Waals surface area contributed by atoms with Crippen molar-refractivity contribution in [3.8, 4) is 0 Å². The van der Waals surface area contributed by atoms with E-state index in [0.29, 0.717) is 0 Å². The fraction of sp³-hybridized carbons (Fsp3) is 0.400. The van der Waals surface area contributed by atoms with Gasteiger partial charge in [0.05, 0.1) is 0 Å². The molecule has 236 valence electrons. The van der Waals surface area contributed by atoms with Gasteiger partial charge in [0.1, 0.15) is 24.8 Å². The Morgan fingerprint density at radius 2 is 0.650 bits per heavy atom. The SMILES string of the molecule is O=S(=O)([N-]S(=O)(=O)C(F)(F)F)C(F)(F)F.O=S(=O)([N-]S(=O)(=O)C(F)(F)F)C(F)(F)F.c1c[nH+]c[nH]1.c1c[nH+]c[nH]1. The van der Waals surface area contributed by atoms with Gasteiger partial charge in [-0.25, -0.2) is 33.7 Å². The van der Waals surface area contributed by atoms with Gasteiger partial charge in [-0.05, 0) is 0 Å². The average Bonchev–Trinajstić information content (AvgIpc) is 3.43. The zero-order valence-electron chi connectivity index (χ0n) is 17.8. The Hall–Kier alpha value is -2.70. The molecule has 0 radical (unpaired) electrons. The molecule has 40 heavy (non-hydrogen) atoms. The zero-order valence-corrected chi connectivity index (χ0v) is 21.1. The number of H-pyrrole nitrogens is 4. The van der Waals surface area contributed by atoms with Gasteiger partial charge in [-0.1, -0.05) is 0 Å². The third-order valence-corrected chi connectivity index (χ3v) is 7.93. The van der Waals surface area contributed by atoms with Crippen LogP contribution >= 0.6 is 0 Å². The van der Waals surface area contributed by atoms with Crippen molar-refractivity contribution in [2.45, 2.75) is 22.0 Å². The molecule has 0 saturated carbocycles. The van der Waals surface area contributed by atoms with E-state index in [1.807, 2.05) is 24.8 Å². The maximum absolute atomic E-state index is 11.4. The van der Waals surface area contributed by atoms with Crippen molar-refractivity contribution in [3.05, 3.63) is 45.7 Å². The minimum Gasteiger partial charge on any atom is -0.421 e. The Bertz CT molecular complexity index is 1200. The average molecular weight is 698 g/mol. The molecule has 0 amide bonds. The third-order valence-electron chi connectivity index (χ3n) is 2.45. The molecule has 0 aliphatic heterocycles. The molecule has 0 aromatic carbocycles. The monoisotopic (exact) mass is 698 g/mol. The lowest BCUT2D eigenvalue weighted by atomic mass is 11.0. The van der Waals surface area contributed by atoms with Gasteiger partial charge in [0, 0.05) is 0 Å². The van der Waals surface area contributed by atoms with E-state index in [-0.39, 0.29) is 0 Å². The van der Waals surface area contributed by atoms with Crippen LogP contribution < -0.4 is 9.97 Å². The number of nitrogens with zero attached hydrogens (tertiary/aromatic N) is 2. The highest BCUT2D eigenvalue weighted by molar-refractivity contribution is 8.13. The lowest BCUT2D eigenvalue weighted by Crippen LogP contribution is -2.30. The van der Waals surface area contributed by atoms with Crippen LogP contribution in [0.15, 0.2) is 37.4 Å². The Morgan fingerprint density at radius 3 is 0.725 bits per heavy atom. The summed E-state index contributed by atoms with van der Waals surface area (Å²) in [6.07, 6.45) is 10.8. The van der Waals surface area contributed by atoms with Crippen molar-refractivity contribution >= 4 is 40.1 Å². The molecule has 0 aliphatic rings. The summed E-state index contributed by atoms with van der Waals surface area (Å²) in [5.74, 6) is 0. The van der Waals surface area contributed by atoms with Gasteiger partial charge in [-0.2, -0.15) is 52.7 Å². The number of hydrogen-bond acceptors (Lipinski definition) is 8. The first-order valence-electron chi connectivity index (χ1n) is 8.12. The first-order valence-corrected chi connectivity index (χ1v) is 13.9. The zero-order chi connectivity index (χ0) is 32.5. The van der Waals surface area contributed by atoms with Crippen molar-refractivity contribution < 1.29 is 96.3 Å². The Labute approximate surface area is 214 Å². The van der Waals surface area contributed by atoms with Gasteiger partial charge < -0.3 is 8.25 Å². The first-order chi connectivity index (χ1) is 17.4. The number of aromatic nitrogens is 4. The summed E-state index contributed by atoms with van der Waals surface area (Å²) in [5.41, 5.74) is -24.8. The van der Waals surface area contributed by atoms with Gasteiger partial charge in [0.25, 0.3) is 0 Å². The number of alkyl halides is 12. The minimum absolute atomic E-state index is 0.778. The Morgan fingerprint density at radius 1 is 0.450 bits per heavy atom. The smallest absolute Gasteiger partial charge is 0.421 e. The van der Waals surface area contributed by atoms with E-state index in [9.17, 15) is 86.4 Å². The molecule has 0 atom stereocenters. The molecule has 0 aliphatic carbocycles. The Balaban J connectivity index is 0. The number of nitrogens with one attached hydrogen (secondary N) is 4. The molecule has 0 bridgehead atoms. The second-order valence-corrected chi connectivity index (χ2v) is 12.3. The fourth-order valence-electron chi connectivity index (χ4n) is 0.909. The van der Waals surface area contributed by atoms with Crippen molar-refractivity contribution in [3.63, 3.8) is 0 Å². The van der Waals surface area contributed by atoms with Crippen LogP contribution in [0.5, 0.6) is 0 Å². The normalized spacial score (nSPS) is 13.5. The lowest BCUT2D eigenvalue weighted by Gasteiger charge is -2.22. The van der Waals surface area contributed by atoms with Crippen molar-refractivity contribution in [2.75, 3.05) is 0 Å². The third kappa shape index (κ3) is 13.6. The van der Waals surface area contributed by atoms with Crippen LogP contribution in [-0.2, 0) is 40.1 Å². The summed E-state index contributed by atoms with van der Waals surface area (Å²) in [7, 11) is -26.9. The van der Waals surface area contributed by atoms with Gasteiger partial charge in [0.2, 0.25) is 12.7 Å². The van der Waals surface area contributed by atoms with Crippen LogP contribution in [0.2, 0.25) is 0 Å². The maximum Gasteiger partial charge on any atom is 0.480 e. The standard InChI is InChI=1S/2C3H4N2.2C2F6NO4S2/c2*1-2-5-3-4-1;2*3-1(4,5)14(10,11)9-15(12,13)2(6,7)8/h2*1-3H,(H,4,5);;/q;;2*-1/p+2. The molecule has 2 aromatic heterocycles. The van der Waals surface area contributed by atoms with E-state index in [1.54, 1.807) is 12.7 Å². The van der Waals surface area contributed by atoms with Crippen LogP contribution in [-0.4, -0.2) is 65.7 Å². The molecule has 0 unspecified atom stereocenters. The van der Waals surface area contributed by atoms with Crippen LogP contribution in [0.4, 0.5) is 52.7 Å². The van der Waals surface area contributed by atoms with E-state index in [2.05, 4.69) is 19.9 Å². The largest absolute Gasteiger partial charge is 0.480 e. The van der Waals surface area contributed by atoms with Crippen LogP contribution in [0.1, 0.15) is 0 Å². The van der Waals surface area contributed by atoms with Crippen LogP contribution in [0.3, 0.4) is 0 Å². The summed E-state index contributed by atoms with van der Waals surface area (Å²) in [6.45, 7) is 0. The quantitative estimate of drug-likeness (QED) is 0.447. The first kappa shape index (κ1) is 39.4. The van der Waals surface area contributed by atoms with E-state index in [4.69, 9.17) is 0 Å². The molecule has 2 aromatic rings. The van der Waals surface area contributed by atoms with Crippen molar-refractivity contribution in [1.29, 1.82) is 0 Å². The Kier molecular flexibility index (Phi) is 13.6. The van der Waals surface area contributed by atoms with Gasteiger partial charge in [-0.3, -0.25) is 19.9 Å².